The van der Waals surface area contributed by atoms with Crippen molar-refractivity contribution in [1.29, 1.82) is 0 Å². The number of hydrogen-bond acceptors (Lipinski definition) is 6. The van der Waals surface area contributed by atoms with Gasteiger partial charge in [0.25, 0.3) is 5.91 Å². The predicted molar refractivity (Wildman–Crippen MR) is 149 cm³/mol. The largest absolute Gasteiger partial charge is 0.467 e. The molecule has 3 saturated carbocycles. The van der Waals surface area contributed by atoms with Crippen molar-refractivity contribution in [2.24, 2.45) is 39.7 Å². The summed E-state index contributed by atoms with van der Waals surface area (Å²) in [4.78, 5) is 42.6. The number of methoxy groups -OCH3 is 1. The van der Waals surface area contributed by atoms with Crippen molar-refractivity contribution in [3.8, 4) is 0 Å². The summed E-state index contributed by atoms with van der Waals surface area (Å²) in [5.41, 5.74) is 3.32. The highest BCUT2D eigenvalue weighted by Gasteiger charge is 2.59. The zero-order valence-corrected chi connectivity index (χ0v) is 23.7. The Labute approximate surface area is 231 Å². The van der Waals surface area contributed by atoms with Crippen LogP contribution < -0.4 is 5.32 Å². The molecule has 0 bridgehead atoms. The minimum atomic E-state index is -0.893. The molecule has 5 rings (SSSR count). The number of hydrogen-bond donors (Lipinski definition) is 1. The summed E-state index contributed by atoms with van der Waals surface area (Å²) in [5, 5.41) is 7.00. The Bertz CT molecular complexity index is 1180. The Hall–Kier alpha value is -2.96. The maximum absolute atomic E-state index is 12.6. The molecule has 0 saturated heterocycles. The van der Waals surface area contributed by atoms with Gasteiger partial charge in [0.2, 0.25) is 0 Å². The lowest BCUT2D eigenvalue weighted by Gasteiger charge is -2.58. The number of Topliss-reactive ketones (excluding diaryl/α,β-unsaturated/α-hetero) is 1. The summed E-state index contributed by atoms with van der Waals surface area (Å²) in [6.07, 6.45) is 10.9. The second-order valence-corrected chi connectivity index (χ2v) is 12.6. The average Bonchev–Trinajstić information content (AvgIpc) is 3.29. The fourth-order valence-electron chi connectivity index (χ4n) is 8.73. The standard InChI is InChI=1S/C32H42N2O5/c1-20(35)25-12-13-26-24-11-10-22-18-23(14-16-31(22,2)27(24)15-17-32(25,26)3)34-39-19-28(36)33-29(30(37)38-4)21-8-6-5-7-9-21/h5-9,18,24-27,29H,10-17,19H2,1-4H3,(H,33,36)/b34-23-/t24-,25+,26-,27-,29?,31-,32+/m0/s1. The maximum Gasteiger partial charge on any atom is 0.333 e. The Morgan fingerprint density at radius 1 is 1.03 bits per heavy atom. The monoisotopic (exact) mass is 534 g/mol. The van der Waals surface area contributed by atoms with E-state index in [0.717, 1.165) is 37.8 Å². The molecular formula is C32H42N2O5. The first-order chi connectivity index (χ1) is 18.7. The van der Waals surface area contributed by atoms with Crippen LogP contribution in [0.5, 0.6) is 0 Å². The maximum atomic E-state index is 12.6. The van der Waals surface area contributed by atoms with Gasteiger partial charge < -0.3 is 14.9 Å². The third-order valence-electron chi connectivity index (χ3n) is 10.7. The lowest BCUT2D eigenvalue weighted by atomic mass is 9.46. The molecule has 0 aromatic heterocycles. The first-order valence-corrected chi connectivity index (χ1v) is 14.5. The summed E-state index contributed by atoms with van der Waals surface area (Å²) in [7, 11) is 1.30. The predicted octanol–water partition coefficient (Wildman–Crippen LogP) is 5.56. The van der Waals surface area contributed by atoms with E-state index in [0.29, 0.717) is 29.1 Å². The first kappa shape index (κ1) is 27.6. The number of benzene rings is 1. The quantitative estimate of drug-likeness (QED) is 0.365. The minimum absolute atomic E-state index is 0.165. The summed E-state index contributed by atoms with van der Waals surface area (Å²) < 4.78 is 4.86. The average molecular weight is 535 g/mol. The van der Waals surface area contributed by atoms with E-state index >= 15 is 0 Å². The molecule has 0 radical (unpaired) electrons. The molecule has 0 heterocycles. The normalized spacial score (nSPS) is 35.1. The smallest absolute Gasteiger partial charge is 0.333 e. The van der Waals surface area contributed by atoms with Crippen LogP contribution in [0.4, 0.5) is 0 Å². The van der Waals surface area contributed by atoms with Crippen LogP contribution in [0.15, 0.2) is 47.1 Å². The number of fused-ring (bicyclic) bond motifs is 5. The number of carbonyl (C=O) groups is 3. The third-order valence-corrected chi connectivity index (χ3v) is 10.7. The number of nitrogens with one attached hydrogen (secondary N) is 1. The van der Waals surface area contributed by atoms with Crippen LogP contribution in [0.1, 0.15) is 83.7 Å². The number of ketones is 1. The SMILES string of the molecule is COC(=O)C(NC(=O)CO/N=C1\C=C2CC[C@H]3[C@@H]4CC[C@H](C(C)=O)[C@@]4(C)CC[C@@H]3[C@@]2(C)CC1)c1ccccc1. The minimum Gasteiger partial charge on any atom is -0.467 e. The highest BCUT2D eigenvalue weighted by molar-refractivity contribution is 5.96. The Morgan fingerprint density at radius 3 is 2.51 bits per heavy atom. The van der Waals surface area contributed by atoms with Gasteiger partial charge in [-0.25, -0.2) is 4.79 Å². The van der Waals surface area contributed by atoms with E-state index in [1.165, 1.54) is 31.9 Å². The van der Waals surface area contributed by atoms with Crippen LogP contribution in [-0.4, -0.2) is 37.1 Å². The van der Waals surface area contributed by atoms with E-state index in [9.17, 15) is 14.4 Å². The fourth-order valence-corrected chi connectivity index (χ4v) is 8.73. The molecule has 4 aliphatic carbocycles. The molecule has 1 aromatic rings. The van der Waals surface area contributed by atoms with Crippen molar-refractivity contribution in [2.45, 2.75) is 78.2 Å². The topological polar surface area (TPSA) is 94.1 Å². The molecule has 7 heteroatoms. The second-order valence-electron chi connectivity index (χ2n) is 12.6. The molecule has 1 unspecified atom stereocenters. The molecule has 0 spiro atoms. The van der Waals surface area contributed by atoms with E-state index in [2.05, 4.69) is 30.4 Å². The number of nitrogens with zero attached hydrogens (tertiary/aromatic N) is 1. The lowest BCUT2D eigenvalue weighted by molar-refractivity contribution is -0.145. The van der Waals surface area contributed by atoms with Crippen molar-refractivity contribution >= 4 is 23.4 Å². The molecule has 7 nitrogen and oxygen atoms in total. The van der Waals surface area contributed by atoms with Crippen LogP contribution in [0, 0.1) is 34.5 Å². The van der Waals surface area contributed by atoms with Crippen molar-refractivity contribution in [3.63, 3.8) is 0 Å². The van der Waals surface area contributed by atoms with Gasteiger partial charge in [0.15, 0.2) is 12.6 Å². The highest BCUT2D eigenvalue weighted by atomic mass is 16.6. The zero-order chi connectivity index (χ0) is 27.8. The molecule has 3 fully saturated rings. The fraction of sp³-hybridized carbons (Fsp3) is 0.625. The molecule has 39 heavy (non-hydrogen) atoms. The van der Waals surface area contributed by atoms with Gasteiger partial charge in [-0.3, -0.25) is 9.59 Å². The van der Waals surface area contributed by atoms with Gasteiger partial charge in [0.05, 0.1) is 12.8 Å². The van der Waals surface area contributed by atoms with Crippen molar-refractivity contribution in [3.05, 3.63) is 47.5 Å². The molecular weight excluding hydrogens is 492 g/mol. The number of amides is 1. The summed E-state index contributed by atoms with van der Waals surface area (Å²) in [6.45, 7) is 6.36. The van der Waals surface area contributed by atoms with Gasteiger partial charge in [-0.15, -0.1) is 0 Å². The van der Waals surface area contributed by atoms with E-state index in [1.807, 2.05) is 6.07 Å². The Morgan fingerprint density at radius 2 is 1.79 bits per heavy atom. The third kappa shape index (κ3) is 5.05. The molecule has 4 aliphatic rings. The van der Waals surface area contributed by atoms with Crippen LogP contribution in [-0.2, 0) is 24.0 Å². The van der Waals surface area contributed by atoms with Gasteiger partial charge >= 0.3 is 5.97 Å². The van der Waals surface area contributed by atoms with Gasteiger partial charge in [-0.1, -0.05) is 54.9 Å². The second kappa shape index (κ2) is 10.9. The number of allylic oxidation sites excluding steroid dienone is 2. The number of esters is 1. The summed E-state index contributed by atoms with van der Waals surface area (Å²) in [5.74, 6) is 1.66. The molecule has 0 aliphatic heterocycles. The number of rotatable bonds is 7. The van der Waals surface area contributed by atoms with Crippen LogP contribution in [0.25, 0.3) is 0 Å². The summed E-state index contributed by atoms with van der Waals surface area (Å²) in [6, 6.07) is 8.10. The molecule has 1 amide bonds. The first-order valence-electron chi connectivity index (χ1n) is 14.5. The number of ether oxygens (including phenoxy) is 1. The summed E-state index contributed by atoms with van der Waals surface area (Å²) >= 11 is 0. The molecule has 1 aromatic carbocycles. The van der Waals surface area contributed by atoms with Crippen molar-refractivity contribution in [1.82, 2.24) is 5.32 Å². The number of oxime groups is 1. The van der Waals surface area contributed by atoms with Crippen molar-refractivity contribution in [2.75, 3.05) is 13.7 Å². The molecule has 210 valence electrons. The zero-order valence-electron chi connectivity index (χ0n) is 23.7. The van der Waals surface area contributed by atoms with E-state index in [4.69, 9.17) is 9.57 Å². The Balaban J connectivity index is 1.22. The van der Waals surface area contributed by atoms with Crippen LogP contribution >= 0.6 is 0 Å². The van der Waals surface area contributed by atoms with Gasteiger partial charge in [-0.05, 0) is 98.5 Å². The van der Waals surface area contributed by atoms with Crippen LogP contribution in [0.2, 0.25) is 0 Å². The van der Waals surface area contributed by atoms with Gasteiger partial charge in [0.1, 0.15) is 5.78 Å². The highest BCUT2D eigenvalue weighted by Crippen LogP contribution is 2.66. The van der Waals surface area contributed by atoms with Gasteiger partial charge in [-0.2, -0.15) is 0 Å². The van der Waals surface area contributed by atoms with E-state index < -0.39 is 17.9 Å². The van der Waals surface area contributed by atoms with E-state index in [1.54, 1.807) is 31.2 Å². The van der Waals surface area contributed by atoms with Crippen molar-refractivity contribution < 1.29 is 24.0 Å². The van der Waals surface area contributed by atoms with Crippen LogP contribution in [0.3, 0.4) is 0 Å². The van der Waals surface area contributed by atoms with Gasteiger partial charge in [0, 0.05) is 5.92 Å². The lowest BCUT2D eigenvalue weighted by Crippen LogP contribution is -2.51. The number of carbonyl (C=O) groups excluding carboxylic acids is 3. The molecule has 1 N–H and O–H groups in total. The Kier molecular flexibility index (Phi) is 7.71. The van der Waals surface area contributed by atoms with E-state index in [-0.39, 0.29) is 23.4 Å². The molecule has 7 atom stereocenters.